The van der Waals surface area contributed by atoms with Crippen LogP contribution in [0.5, 0.6) is 5.75 Å². The molecule has 0 fully saturated rings. The molecule has 2 aromatic rings. The van der Waals surface area contributed by atoms with Crippen molar-refractivity contribution < 1.29 is 27.4 Å². The second-order valence-corrected chi connectivity index (χ2v) is 10.2. The van der Waals surface area contributed by atoms with Crippen LogP contribution < -0.4 is 9.04 Å². The number of benzene rings is 2. The van der Waals surface area contributed by atoms with Crippen molar-refractivity contribution in [3.8, 4) is 5.75 Å². The van der Waals surface area contributed by atoms with Crippen LogP contribution in [0.4, 0.5) is 10.2 Å². The van der Waals surface area contributed by atoms with Crippen molar-refractivity contribution in [1.29, 1.82) is 0 Å². The van der Waals surface area contributed by atoms with Crippen molar-refractivity contribution in [2.24, 2.45) is 5.92 Å². The first-order chi connectivity index (χ1) is 15.1. The lowest BCUT2D eigenvalue weighted by Crippen LogP contribution is -2.35. The van der Waals surface area contributed by atoms with E-state index in [0.717, 1.165) is 24.8 Å². The van der Waals surface area contributed by atoms with E-state index in [2.05, 4.69) is 17.9 Å². The maximum atomic E-state index is 13.6. The zero-order chi connectivity index (χ0) is 23.9. The van der Waals surface area contributed by atoms with Crippen molar-refractivity contribution in [2.75, 3.05) is 17.5 Å². The third-order valence-corrected chi connectivity index (χ3v) is 6.82. The minimum Gasteiger partial charge on any atom is -0.481 e. The Kier molecular flexibility index (Phi) is 9.07. The second kappa shape index (κ2) is 11.3. The first-order valence-corrected chi connectivity index (χ1v) is 12.2. The Morgan fingerprint density at radius 3 is 2.38 bits per heavy atom. The van der Waals surface area contributed by atoms with E-state index in [-0.39, 0.29) is 16.6 Å². The van der Waals surface area contributed by atoms with E-state index in [4.69, 9.17) is 4.74 Å². The summed E-state index contributed by atoms with van der Waals surface area (Å²) in [5.41, 5.74) is 3.26. The molecule has 0 spiro atoms. The van der Waals surface area contributed by atoms with E-state index in [9.17, 15) is 17.7 Å². The van der Waals surface area contributed by atoms with E-state index < -0.39 is 22.6 Å². The minimum absolute atomic E-state index is 0.111. The van der Waals surface area contributed by atoms with Gasteiger partial charge in [0.15, 0.2) is 6.61 Å². The van der Waals surface area contributed by atoms with E-state index in [1.165, 1.54) is 28.1 Å². The number of halogens is 1. The van der Waals surface area contributed by atoms with Gasteiger partial charge in [-0.05, 0) is 73.6 Å². The quantitative estimate of drug-likeness (QED) is 0.450. The molecule has 32 heavy (non-hydrogen) atoms. The molecular formula is C24H32FNO5S. The number of aryl methyl sites for hydroxylation is 3. The monoisotopic (exact) mass is 465 g/mol. The highest BCUT2D eigenvalue weighted by atomic mass is 32.2. The molecule has 0 N–H and O–H groups in total. The highest BCUT2D eigenvalue weighted by Gasteiger charge is 2.27. The van der Waals surface area contributed by atoms with Crippen LogP contribution in [0.2, 0.25) is 0 Å². The van der Waals surface area contributed by atoms with Gasteiger partial charge in [-0.25, -0.2) is 13.2 Å². The molecule has 0 saturated carbocycles. The van der Waals surface area contributed by atoms with Gasteiger partial charge in [0.25, 0.3) is 10.0 Å². The van der Waals surface area contributed by atoms with Gasteiger partial charge in [-0.2, -0.15) is 0 Å². The molecule has 0 atom stereocenters. The van der Waals surface area contributed by atoms with Crippen molar-refractivity contribution in [2.45, 2.75) is 58.8 Å². The number of sulfonamides is 1. The smallest absolute Gasteiger partial charge is 0.385 e. The van der Waals surface area contributed by atoms with Crippen LogP contribution in [0.3, 0.4) is 0 Å². The maximum absolute atomic E-state index is 13.6. The van der Waals surface area contributed by atoms with Gasteiger partial charge >= 0.3 is 5.97 Å². The Balaban J connectivity index is 2.40. The van der Waals surface area contributed by atoms with Gasteiger partial charge in [-0.15, -0.1) is 0 Å². The fraction of sp³-hybridized carbons (Fsp3) is 0.458. The summed E-state index contributed by atoms with van der Waals surface area (Å²) in [6.45, 7) is 9.40. The number of anilines is 1. The minimum atomic E-state index is -3.85. The Bertz CT molecular complexity index is 1040. The van der Waals surface area contributed by atoms with Crippen LogP contribution in [0.15, 0.2) is 41.3 Å². The van der Waals surface area contributed by atoms with Crippen molar-refractivity contribution in [3.63, 3.8) is 0 Å². The Hall–Kier alpha value is -2.61. The van der Waals surface area contributed by atoms with E-state index in [1.807, 2.05) is 32.9 Å². The summed E-state index contributed by atoms with van der Waals surface area (Å²) < 4.78 is 45.8. The third kappa shape index (κ3) is 6.45. The molecule has 0 heterocycles. The van der Waals surface area contributed by atoms with Crippen LogP contribution in [-0.2, 0) is 26.2 Å². The Morgan fingerprint density at radius 2 is 1.81 bits per heavy atom. The lowest BCUT2D eigenvalue weighted by Gasteiger charge is -2.28. The predicted molar refractivity (Wildman–Crippen MR) is 123 cm³/mol. The largest absolute Gasteiger partial charge is 0.481 e. The van der Waals surface area contributed by atoms with Crippen LogP contribution in [0.1, 0.15) is 50.3 Å². The molecule has 0 radical (unpaired) electrons. The summed E-state index contributed by atoms with van der Waals surface area (Å²) in [6, 6.07) is 10.3. The Morgan fingerprint density at radius 1 is 1.09 bits per heavy atom. The van der Waals surface area contributed by atoms with Crippen LogP contribution in [0.25, 0.3) is 0 Å². The standard InChI is InChI=1S/C24H32FNO5S/c1-6-7-8-20-9-11-22(18(4)13-20)26(15-17(2)3)32(28,29)21-10-12-23(19(5)14-21)30-16-24(27)31-25/h9-14,17H,6-8,15-16H2,1-5H3. The van der Waals surface area contributed by atoms with Crippen molar-refractivity contribution >= 4 is 21.7 Å². The van der Waals surface area contributed by atoms with Gasteiger partial charge < -0.3 is 4.74 Å². The van der Waals surface area contributed by atoms with Crippen molar-refractivity contribution in [3.05, 3.63) is 53.1 Å². The van der Waals surface area contributed by atoms with E-state index >= 15 is 0 Å². The molecule has 176 valence electrons. The SMILES string of the molecule is CCCCc1ccc(N(CC(C)C)S(=O)(=O)c2ccc(OCC(=O)OF)c(C)c2)c(C)c1. The first kappa shape index (κ1) is 25.6. The number of carbonyl (C=O) groups excluding carboxylic acids is 1. The number of rotatable bonds is 11. The van der Waals surface area contributed by atoms with Crippen LogP contribution in [0, 0.1) is 19.8 Å². The van der Waals surface area contributed by atoms with Gasteiger partial charge in [-0.1, -0.05) is 39.3 Å². The molecule has 8 heteroatoms. The molecule has 0 aliphatic heterocycles. The fourth-order valence-electron chi connectivity index (χ4n) is 3.42. The van der Waals surface area contributed by atoms with Gasteiger partial charge in [0.05, 0.1) is 10.6 Å². The number of carbonyl (C=O) groups is 1. The van der Waals surface area contributed by atoms with E-state index in [0.29, 0.717) is 17.8 Å². The summed E-state index contributed by atoms with van der Waals surface area (Å²) in [5.74, 6) is -0.775. The highest BCUT2D eigenvalue weighted by molar-refractivity contribution is 7.92. The number of hydrogen-bond acceptors (Lipinski definition) is 5. The van der Waals surface area contributed by atoms with E-state index in [1.54, 1.807) is 6.92 Å². The molecule has 2 aromatic carbocycles. The number of ether oxygens (including phenoxy) is 1. The lowest BCUT2D eigenvalue weighted by molar-refractivity contribution is -0.185. The second-order valence-electron chi connectivity index (χ2n) is 8.32. The molecule has 0 bridgehead atoms. The number of unbranched alkanes of at least 4 members (excludes halogenated alkanes) is 1. The molecule has 2 rings (SSSR count). The van der Waals surface area contributed by atoms with Crippen LogP contribution >= 0.6 is 0 Å². The molecular weight excluding hydrogens is 433 g/mol. The first-order valence-electron chi connectivity index (χ1n) is 10.8. The molecule has 0 saturated heterocycles. The molecule has 0 amide bonds. The average molecular weight is 466 g/mol. The van der Waals surface area contributed by atoms with Gasteiger partial charge in [0, 0.05) is 11.1 Å². The Labute approximate surface area is 190 Å². The maximum Gasteiger partial charge on any atom is 0.385 e. The fourth-order valence-corrected chi connectivity index (χ4v) is 5.20. The van der Waals surface area contributed by atoms with Crippen LogP contribution in [-0.4, -0.2) is 27.5 Å². The normalized spacial score (nSPS) is 11.5. The molecule has 0 aromatic heterocycles. The van der Waals surface area contributed by atoms with Gasteiger partial charge in [-0.3, -0.25) is 9.25 Å². The zero-order valence-electron chi connectivity index (χ0n) is 19.4. The molecule has 0 unspecified atom stereocenters. The summed E-state index contributed by atoms with van der Waals surface area (Å²) in [6.07, 6.45) is 3.15. The summed E-state index contributed by atoms with van der Waals surface area (Å²) in [7, 11) is -3.85. The average Bonchev–Trinajstić information content (AvgIpc) is 2.75. The van der Waals surface area contributed by atoms with Gasteiger partial charge in [0.1, 0.15) is 5.75 Å². The van der Waals surface area contributed by atoms with Crippen molar-refractivity contribution in [1.82, 2.24) is 0 Å². The number of nitrogens with zero attached hydrogens (tertiary/aromatic N) is 1. The number of hydrogen-bond donors (Lipinski definition) is 0. The zero-order valence-corrected chi connectivity index (χ0v) is 20.2. The predicted octanol–water partition coefficient (Wildman–Crippen LogP) is 5.30. The lowest BCUT2D eigenvalue weighted by atomic mass is 10.0. The third-order valence-electron chi connectivity index (χ3n) is 5.05. The molecule has 6 nitrogen and oxygen atoms in total. The molecule has 0 aliphatic rings. The summed E-state index contributed by atoms with van der Waals surface area (Å²) in [4.78, 5) is 14.2. The van der Waals surface area contributed by atoms with Gasteiger partial charge in [0.2, 0.25) is 0 Å². The molecule has 0 aliphatic carbocycles. The summed E-state index contributed by atoms with van der Waals surface area (Å²) >= 11 is 0. The highest BCUT2D eigenvalue weighted by Crippen LogP contribution is 2.31. The summed E-state index contributed by atoms with van der Waals surface area (Å²) in [5, 5.41) is 0. The topological polar surface area (TPSA) is 72.9 Å².